The normalized spacial score (nSPS) is 11.6. The number of carboxylic acids is 1. The quantitative estimate of drug-likeness (QED) is 0.884. The molecule has 0 heterocycles. The van der Waals surface area contributed by atoms with Crippen LogP contribution in [0.3, 0.4) is 0 Å². The molecule has 0 saturated carbocycles. The van der Waals surface area contributed by atoms with Gasteiger partial charge in [0.25, 0.3) is 0 Å². The van der Waals surface area contributed by atoms with Gasteiger partial charge in [0.05, 0.1) is 5.41 Å². The first-order valence-corrected chi connectivity index (χ1v) is 5.30. The smallest absolute Gasteiger partial charge is 0.309 e. The number of rotatable bonds is 3. The van der Waals surface area contributed by atoms with E-state index in [4.69, 9.17) is 16.7 Å². The molecule has 4 heteroatoms. The molecule has 0 aromatic heterocycles. The molecule has 2 nitrogen and oxygen atoms in total. The lowest BCUT2D eigenvalue weighted by Gasteiger charge is -2.20. The number of halogens is 2. The molecule has 0 aliphatic heterocycles. The maximum Gasteiger partial charge on any atom is 0.309 e. The van der Waals surface area contributed by atoms with E-state index in [1.54, 1.807) is 20.8 Å². The second kappa shape index (κ2) is 4.42. The largest absolute Gasteiger partial charge is 0.481 e. The number of benzene rings is 1. The summed E-state index contributed by atoms with van der Waals surface area (Å²) in [7, 11) is 0. The lowest BCUT2D eigenvalue weighted by Crippen LogP contribution is -2.26. The van der Waals surface area contributed by atoms with E-state index >= 15 is 0 Å². The molecule has 0 amide bonds. The zero-order chi connectivity index (χ0) is 12.5. The molecule has 0 atom stereocenters. The van der Waals surface area contributed by atoms with E-state index in [-0.39, 0.29) is 6.42 Å². The maximum atomic E-state index is 13.2. The Bertz CT molecular complexity index is 427. The van der Waals surface area contributed by atoms with E-state index in [9.17, 15) is 9.18 Å². The van der Waals surface area contributed by atoms with Gasteiger partial charge in [-0.25, -0.2) is 4.39 Å². The second-order valence-electron chi connectivity index (χ2n) is 4.54. The van der Waals surface area contributed by atoms with Gasteiger partial charge in [-0.1, -0.05) is 11.6 Å². The van der Waals surface area contributed by atoms with Crippen LogP contribution in [0, 0.1) is 18.2 Å². The molecule has 0 aliphatic carbocycles. The van der Waals surface area contributed by atoms with Crippen molar-refractivity contribution < 1.29 is 14.3 Å². The highest BCUT2D eigenvalue weighted by molar-refractivity contribution is 6.31. The summed E-state index contributed by atoms with van der Waals surface area (Å²) in [4.78, 5) is 11.0. The molecule has 0 unspecified atom stereocenters. The third-order valence-electron chi connectivity index (χ3n) is 2.63. The van der Waals surface area contributed by atoms with Crippen molar-refractivity contribution in [1.29, 1.82) is 0 Å². The van der Waals surface area contributed by atoms with Crippen LogP contribution in [0.4, 0.5) is 4.39 Å². The number of aliphatic carboxylic acids is 1. The average Bonchev–Trinajstić information content (AvgIpc) is 2.12. The van der Waals surface area contributed by atoms with E-state index in [2.05, 4.69) is 0 Å². The van der Waals surface area contributed by atoms with Crippen LogP contribution in [0.15, 0.2) is 12.1 Å². The van der Waals surface area contributed by atoms with Crippen molar-refractivity contribution in [2.24, 2.45) is 5.41 Å². The lowest BCUT2D eigenvalue weighted by atomic mass is 9.84. The van der Waals surface area contributed by atoms with Gasteiger partial charge in [0.2, 0.25) is 0 Å². The molecule has 88 valence electrons. The number of hydrogen-bond donors (Lipinski definition) is 1. The Morgan fingerprint density at radius 1 is 1.50 bits per heavy atom. The molecular formula is C12H14ClFO2. The standard InChI is InChI=1S/C12H14ClFO2/c1-7-8(4-9(14)5-10(7)13)6-12(2,3)11(15)16/h4-5H,6H2,1-3H3,(H,15,16). The number of hydrogen-bond acceptors (Lipinski definition) is 1. The minimum Gasteiger partial charge on any atom is -0.481 e. The Kier molecular flexibility index (Phi) is 3.58. The predicted molar refractivity (Wildman–Crippen MR) is 61.3 cm³/mol. The van der Waals surface area contributed by atoms with Crippen molar-refractivity contribution in [3.8, 4) is 0 Å². The molecule has 1 aromatic carbocycles. The lowest BCUT2D eigenvalue weighted by molar-refractivity contribution is -0.146. The second-order valence-corrected chi connectivity index (χ2v) is 4.94. The van der Waals surface area contributed by atoms with Gasteiger partial charge in [-0.05, 0) is 50.5 Å². The van der Waals surface area contributed by atoms with Crippen LogP contribution in [-0.2, 0) is 11.2 Å². The molecule has 0 radical (unpaired) electrons. The van der Waals surface area contributed by atoms with Crippen molar-refractivity contribution in [2.75, 3.05) is 0 Å². The summed E-state index contributed by atoms with van der Waals surface area (Å²) in [5.74, 6) is -1.35. The fourth-order valence-electron chi connectivity index (χ4n) is 1.43. The van der Waals surface area contributed by atoms with Crippen LogP contribution in [0.25, 0.3) is 0 Å². The zero-order valence-electron chi connectivity index (χ0n) is 9.47. The Hall–Kier alpha value is -1.09. The molecule has 0 aliphatic rings. The van der Waals surface area contributed by atoms with E-state index in [1.165, 1.54) is 12.1 Å². The molecule has 0 fully saturated rings. The molecule has 1 aromatic rings. The first-order chi connectivity index (χ1) is 7.24. The Balaban J connectivity index is 3.11. The van der Waals surface area contributed by atoms with Crippen molar-refractivity contribution in [2.45, 2.75) is 27.2 Å². The SMILES string of the molecule is Cc1c(Cl)cc(F)cc1CC(C)(C)C(=O)O. The van der Waals surface area contributed by atoms with Gasteiger partial charge >= 0.3 is 5.97 Å². The molecular weight excluding hydrogens is 231 g/mol. The van der Waals surface area contributed by atoms with E-state index in [1.807, 2.05) is 0 Å². The third kappa shape index (κ3) is 2.73. The predicted octanol–water partition coefficient (Wildman–Crippen LogP) is 3.44. The van der Waals surface area contributed by atoms with E-state index in [0.29, 0.717) is 10.6 Å². The van der Waals surface area contributed by atoms with E-state index in [0.717, 1.165) is 5.56 Å². The Labute approximate surface area is 99.0 Å². The third-order valence-corrected chi connectivity index (χ3v) is 3.02. The Morgan fingerprint density at radius 2 is 2.06 bits per heavy atom. The summed E-state index contributed by atoms with van der Waals surface area (Å²) in [6.07, 6.45) is 0.256. The Morgan fingerprint density at radius 3 is 2.56 bits per heavy atom. The van der Waals surface area contributed by atoms with Crippen LogP contribution in [0.1, 0.15) is 25.0 Å². The van der Waals surface area contributed by atoms with Crippen LogP contribution >= 0.6 is 11.6 Å². The molecule has 0 saturated heterocycles. The fourth-order valence-corrected chi connectivity index (χ4v) is 1.66. The summed E-state index contributed by atoms with van der Waals surface area (Å²) >= 11 is 5.84. The van der Waals surface area contributed by atoms with Gasteiger partial charge < -0.3 is 5.11 Å². The first-order valence-electron chi connectivity index (χ1n) is 4.92. The van der Waals surface area contributed by atoms with Crippen LogP contribution in [-0.4, -0.2) is 11.1 Å². The fraction of sp³-hybridized carbons (Fsp3) is 0.417. The summed E-state index contributed by atoms with van der Waals surface area (Å²) in [5, 5.41) is 9.34. The van der Waals surface area contributed by atoms with Crippen molar-refractivity contribution in [3.05, 3.63) is 34.1 Å². The van der Waals surface area contributed by atoms with Crippen LogP contribution in [0.5, 0.6) is 0 Å². The van der Waals surface area contributed by atoms with Gasteiger partial charge in [-0.2, -0.15) is 0 Å². The highest BCUT2D eigenvalue weighted by Crippen LogP contribution is 2.28. The van der Waals surface area contributed by atoms with Crippen LogP contribution in [0.2, 0.25) is 5.02 Å². The van der Waals surface area contributed by atoms with Gasteiger partial charge in [0, 0.05) is 5.02 Å². The van der Waals surface area contributed by atoms with E-state index < -0.39 is 17.2 Å². The molecule has 1 rings (SSSR count). The van der Waals surface area contributed by atoms with Crippen LogP contribution < -0.4 is 0 Å². The summed E-state index contributed by atoms with van der Waals surface area (Å²) < 4.78 is 13.2. The first kappa shape index (κ1) is 13.0. The zero-order valence-corrected chi connectivity index (χ0v) is 10.2. The monoisotopic (exact) mass is 244 g/mol. The van der Waals surface area contributed by atoms with Crippen molar-refractivity contribution in [1.82, 2.24) is 0 Å². The molecule has 0 bridgehead atoms. The van der Waals surface area contributed by atoms with Crippen molar-refractivity contribution >= 4 is 17.6 Å². The summed E-state index contributed by atoms with van der Waals surface area (Å²) in [6.45, 7) is 4.97. The number of carbonyl (C=O) groups is 1. The van der Waals surface area contributed by atoms with Crippen molar-refractivity contribution in [3.63, 3.8) is 0 Å². The topological polar surface area (TPSA) is 37.3 Å². The summed E-state index contributed by atoms with van der Waals surface area (Å²) in [6, 6.07) is 2.57. The van der Waals surface area contributed by atoms with Gasteiger partial charge in [-0.3, -0.25) is 4.79 Å². The minimum absolute atomic E-state index is 0.256. The highest BCUT2D eigenvalue weighted by atomic mass is 35.5. The average molecular weight is 245 g/mol. The highest BCUT2D eigenvalue weighted by Gasteiger charge is 2.28. The summed E-state index contributed by atoms with van der Waals surface area (Å²) in [5.41, 5.74) is 0.441. The van der Waals surface area contributed by atoms with Gasteiger partial charge in [0.1, 0.15) is 5.82 Å². The minimum atomic E-state index is -0.929. The number of carboxylic acid groups (broad SMARTS) is 1. The maximum absolute atomic E-state index is 13.2. The molecule has 1 N–H and O–H groups in total. The molecule has 16 heavy (non-hydrogen) atoms. The van der Waals surface area contributed by atoms with Gasteiger partial charge in [0.15, 0.2) is 0 Å². The molecule has 0 spiro atoms. The van der Waals surface area contributed by atoms with Gasteiger partial charge in [-0.15, -0.1) is 0 Å².